The summed E-state index contributed by atoms with van der Waals surface area (Å²) >= 11 is 7.43. The molecule has 0 radical (unpaired) electrons. The molecule has 1 saturated heterocycles. The fourth-order valence-electron chi connectivity index (χ4n) is 2.61. The molecule has 122 valence electrons. The molecule has 1 aromatic heterocycles. The number of nitrogens with zero attached hydrogens (tertiary/aromatic N) is 2. The first-order chi connectivity index (χ1) is 10.5. The van der Waals surface area contributed by atoms with Crippen LogP contribution in [0.25, 0.3) is 0 Å². The Labute approximate surface area is 139 Å². The van der Waals surface area contributed by atoms with Crippen LogP contribution in [-0.2, 0) is 16.0 Å². The minimum absolute atomic E-state index is 0.0357. The van der Waals surface area contributed by atoms with Crippen molar-refractivity contribution in [3.63, 3.8) is 0 Å². The van der Waals surface area contributed by atoms with Gasteiger partial charge < -0.3 is 11.1 Å². The maximum absolute atomic E-state index is 12.2. The van der Waals surface area contributed by atoms with Crippen molar-refractivity contribution in [1.29, 1.82) is 0 Å². The number of amides is 2. The molecule has 8 heteroatoms. The van der Waals surface area contributed by atoms with Crippen LogP contribution in [0.1, 0.15) is 23.5 Å². The van der Waals surface area contributed by atoms with Crippen LogP contribution in [0.5, 0.6) is 0 Å². The van der Waals surface area contributed by atoms with E-state index in [-0.39, 0.29) is 24.3 Å². The average molecular weight is 345 g/mol. The highest BCUT2D eigenvalue weighted by Crippen LogP contribution is 2.23. The number of nitrogens with two attached hydrogens (primary N) is 1. The van der Waals surface area contributed by atoms with Gasteiger partial charge in [-0.15, -0.1) is 11.3 Å². The van der Waals surface area contributed by atoms with Gasteiger partial charge in [0.2, 0.25) is 11.8 Å². The van der Waals surface area contributed by atoms with Gasteiger partial charge in [-0.05, 0) is 26.3 Å². The number of primary amides is 1. The average Bonchev–Trinajstić information content (AvgIpc) is 2.77. The van der Waals surface area contributed by atoms with Crippen LogP contribution < -0.4 is 11.1 Å². The molecule has 0 bridgehead atoms. The van der Waals surface area contributed by atoms with E-state index >= 15 is 0 Å². The molecule has 1 unspecified atom stereocenters. The van der Waals surface area contributed by atoms with Gasteiger partial charge in [0.1, 0.15) is 4.34 Å². The van der Waals surface area contributed by atoms with Crippen molar-refractivity contribution in [3.8, 4) is 0 Å². The Kier molecular flexibility index (Phi) is 6.16. The van der Waals surface area contributed by atoms with Gasteiger partial charge in [-0.2, -0.15) is 0 Å². The van der Waals surface area contributed by atoms with Gasteiger partial charge in [-0.3, -0.25) is 14.5 Å². The zero-order valence-electron chi connectivity index (χ0n) is 12.6. The number of hydrogen-bond donors (Lipinski definition) is 2. The van der Waals surface area contributed by atoms with Crippen molar-refractivity contribution < 1.29 is 9.59 Å². The lowest BCUT2D eigenvalue weighted by molar-refractivity contribution is -0.128. The molecule has 1 atom stereocenters. The summed E-state index contributed by atoms with van der Waals surface area (Å²) in [5.74, 6) is -0.389. The summed E-state index contributed by atoms with van der Waals surface area (Å²) in [4.78, 5) is 29.4. The molecule has 2 amide bonds. The first-order valence-electron chi connectivity index (χ1n) is 7.36. The second kappa shape index (κ2) is 7.89. The number of likely N-dealkylation sites (tertiary alicyclic amines) is 1. The van der Waals surface area contributed by atoms with E-state index in [2.05, 4.69) is 10.3 Å². The normalized spacial score (nSPS) is 19.1. The van der Waals surface area contributed by atoms with E-state index in [0.29, 0.717) is 23.8 Å². The van der Waals surface area contributed by atoms with Gasteiger partial charge in [0.25, 0.3) is 0 Å². The van der Waals surface area contributed by atoms with E-state index in [1.807, 2.05) is 11.8 Å². The van der Waals surface area contributed by atoms with Gasteiger partial charge in [0.05, 0.1) is 23.2 Å². The van der Waals surface area contributed by atoms with Crippen LogP contribution >= 0.6 is 22.9 Å². The molecule has 0 spiro atoms. The Bertz CT molecular complexity index is 529. The van der Waals surface area contributed by atoms with E-state index in [0.717, 1.165) is 30.1 Å². The molecule has 2 rings (SSSR count). The van der Waals surface area contributed by atoms with E-state index in [1.54, 1.807) is 0 Å². The van der Waals surface area contributed by atoms with Gasteiger partial charge >= 0.3 is 0 Å². The van der Waals surface area contributed by atoms with Crippen LogP contribution in [0, 0.1) is 12.8 Å². The number of hydrogen-bond acceptors (Lipinski definition) is 5. The number of halogens is 1. The van der Waals surface area contributed by atoms with Crippen molar-refractivity contribution in [2.45, 2.75) is 26.2 Å². The van der Waals surface area contributed by atoms with Crippen LogP contribution in [-0.4, -0.2) is 47.9 Å². The standard InChI is InChI=1S/C14H21ClN4O2S/c1-9-13(15)22-12(18-9)4-5-17-14(21)10-3-2-6-19(7-10)8-11(16)20/h10H,2-8H2,1H3,(H2,16,20)(H,17,21). The highest BCUT2D eigenvalue weighted by Gasteiger charge is 2.26. The van der Waals surface area contributed by atoms with E-state index in [1.165, 1.54) is 11.3 Å². The Hall–Kier alpha value is -1.18. The van der Waals surface area contributed by atoms with Crippen LogP contribution in [0.2, 0.25) is 4.34 Å². The molecule has 2 heterocycles. The third-order valence-corrected chi connectivity index (χ3v) is 5.19. The van der Waals surface area contributed by atoms with E-state index < -0.39 is 0 Å². The summed E-state index contributed by atoms with van der Waals surface area (Å²) in [7, 11) is 0. The number of thiazole rings is 1. The smallest absolute Gasteiger partial charge is 0.231 e. The zero-order valence-corrected chi connectivity index (χ0v) is 14.2. The SMILES string of the molecule is Cc1nc(CCNC(=O)C2CCCN(CC(N)=O)C2)sc1Cl. The molecule has 0 aliphatic carbocycles. The van der Waals surface area contributed by atoms with E-state index in [4.69, 9.17) is 17.3 Å². The lowest BCUT2D eigenvalue weighted by atomic mass is 9.97. The van der Waals surface area contributed by atoms with E-state index in [9.17, 15) is 9.59 Å². The van der Waals surface area contributed by atoms with Crippen molar-refractivity contribution in [2.24, 2.45) is 11.7 Å². The minimum Gasteiger partial charge on any atom is -0.369 e. The second-order valence-electron chi connectivity index (χ2n) is 5.55. The molecule has 6 nitrogen and oxygen atoms in total. The summed E-state index contributed by atoms with van der Waals surface area (Å²) in [5.41, 5.74) is 6.04. The molecule has 0 aromatic carbocycles. The number of rotatable bonds is 6. The topological polar surface area (TPSA) is 88.3 Å². The van der Waals surface area contributed by atoms with Gasteiger partial charge in [-0.1, -0.05) is 11.6 Å². The maximum atomic E-state index is 12.2. The number of piperidine rings is 1. The number of nitrogens with one attached hydrogen (secondary N) is 1. The molecular formula is C14H21ClN4O2S. The quantitative estimate of drug-likeness (QED) is 0.804. The maximum Gasteiger partial charge on any atom is 0.231 e. The van der Waals surface area contributed by atoms with Crippen molar-refractivity contribution in [2.75, 3.05) is 26.2 Å². The Morgan fingerprint density at radius 2 is 2.32 bits per heavy atom. The molecule has 1 fully saturated rings. The van der Waals surface area contributed by atoms with Crippen LogP contribution in [0.4, 0.5) is 0 Å². The molecular weight excluding hydrogens is 324 g/mol. The van der Waals surface area contributed by atoms with Gasteiger partial charge in [-0.25, -0.2) is 4.98 Å². The fraction of sp³-hybridized carbons (Fsp3) is 0.643. The third-order valence-electron chi connectivity index (χ3n) is 3.68. The highest BCUT2D eigenvalue weighted by atomic mass is 35.5. The highest BCUT2D eigenvalue weighted by molar-refractivity contribution is 7.16. The zero-order chi connectivity index (χ0) is 16.1. The number of aryl methyl sites for hydroxylation is 1. The largest absolute Gasteiger partial charge is 0.369 e. The predicted molar refractivity (Wildman–Crippen MR) is 86.9 cm³/mol. The van der Waals surface area contributed by atoms with Gasteiger partial charge in [0.15, 0.2) is 0 Å². The summed E-state index contributed by atoms with van der Waals surface area (Å²) in [6, 6.07) is 0. The monoisotopic (exact) mass is 344 g/mol. The Morgan fingerprint density at radius 1 is 1.55 bits per heavy atom. The second-order valence-corrected chi connectivity index (χ2v) is 7.23. The molecule has 1 aliphatic heterocycles. The van der Waals surface area contributed by atoms with Crippen LogP contribution in [0.15, 0.2) is 0 Å². The van der Waals surface area contributed by atoms with Crippen molar-refractivity contribution >= 4 is 34.8 Å². The first-order valence-corrected chi connectivity index (χ1v) is 8.55. The Morgan fingerprint density at radius 3 is 2.95 bits per heavy atom. The lowest BCUT2D eigenvalue weighted by Gasteiger charge is -2.30. The molecule has 1 aliphatic rings. The number of carbonyl (C=O) groups is 2. The third kappa shape index (κ3) is 4.93. The number of aromatic nitrogens is 1. The molecule has 3 N–H and O–H groups in total. The summed E-state index contributed by atoms with van der Waals surface area (Å²) in [6.45, 7) is 4.06. The van der Waals surface area contributed by atoms with Crippen molar-refractivity contribution in [1.82, 2.24) is 15.2 Å². The first kappa shape index (κ1) is 17.2. The fourth-order valence-corrected chi connectivity index (χ4v) is 3.70. The Balaban J connectivity index is 1.75. The molecule has 22 heavy (non-hydrogen) atoms. The number of carbonyl (C=O) groups excluding carboxylic acids is 2. The minimum atomic E-state index is -0.350. The summed E-state index contributed by atoms with van der Waals surface area (Å²) in [6.07, 6.45) is 2.44. The van der Waals surface area contributed by atoms with Crippen LogP contribution in [0.3, 0.4) is 0 Å². The summed E-state index contributed by atoms with van der Waals surface area (Å²) in [5, 5.41) is 3.88. The molecule has 0 saturated carbocycles. The molecule has 1 aromatic rings. The van der Waals surface area contributed by atoms with Gasteiger partial charge in [0, 0.05) is 19.5 Å². The van der Waals surface area contributed by atoms with Crippen molar-refractivity contribution in [3.05, 3.63) is 15.0 Å². The summed E-state index contributed by atoms with van der Waals surface area (Å²) < 4.78 is 0.704. The predicted octanol–water partition coefficient (Wildman–Crippen LogP) is 0.961. The lowest BCUT2D eigenvalue weighted by Crippen LogP contribution is -2.46.